The monoisotopic (exact) mass is 296 g/mol. The topological polar surface area (TPSA) is 58.9 Å². The third-order valence-electron chi connectivity index (χ3n) is 4.11. The van der Waals surface area contributed by atoms with Crippen LogP contribution in [0, 0.1) is 0 Å². The number of halogens is 1. The second kappa shape index (κ2) is 4.37. The quantitative estimate of drug-likeness (QED) is 0.661. The van der Waals surface area contributed by atoms with Gasteiger partial charge in [0, 0.05) is 28.8 Å². The maximum Gasteiger partial charge on any atom is 0.163 e. The van der Waals surface area contributed by atoms with E-state index in [1.54, 1.807) is 6.07 Å². The zero-order valence-corrected chi connectivity index (χ0v) is 12.0. The molecule has 0 fully saturated rings. The fourth-order valence-electron chi connectivity index (χ4n) is 3.09. The zero-order valence-electron chi connectivity index (χ0n) is 11.2. The Morgan fingerprint density at radius 3 is 2.57 bits per heavy atom. The molecule has 0 spiro atoms. The van der Waals surface area contributed by atoms with Gasteiger partial charge in [0.05, 0.1) is 10.5 Å². The number of nitrogens with one attached hydrogen (secondary N) is 1. The number of carbonyl (C=O) groups excluding carboxylic acids is 1. The van der Waals surface area contributed by atoms with Crippen molar-refractivity contribution in [3.8, 4) is 11.3 Å². The van der Waals surface area contributed by atoms with Crippen molar-refractivity contribution in [3.63, 3.8) is 0 Å². The molecule has 3 aromatic rings. The van der Waals surface area contributed by atoms with E-state index in [-0.39, 0.29) is 5.78 Å². The molecule has 1 aromatic heterocycles. The lowest BCUT2D eigenvalue weighted by molar-refractivity contribution is 0.0982. The molecule has 0 saturated heterocycles. The van der Waals surface area contributed by atoms with E-state index in [0.717, 1.165) is 39.8 Å². The molecule has 0 radical (unpaired) electrons. The van der Waals surface area contributed by atoms with Gasteiger partial charge < -0.3 is 10.7 Å². The lowest BCUT2D eigenvalue weighted by Crippen LogP contribution is -2.08. The Morgan fingerprint density at radius 2 is 1.81 bits per heavy atom. The minimum Gasteiger partial charge on any atom is -0.399 e. The Hall–Kier alpha value is -2.26. The van der Waals surface area contributed by atoms with Crippen molar-refractivity contribution in [1.82, 2.24) is 4.98 Å². The van der Waals surface area contributed by atoms with E-state index in [1.807, 2.05) is 30.3 Å². The van der Waals surface area contributed by atoms with E-state index in [4.69, 9.17) is 17.3 Å². The maximum atomic E-state index is 12.1. The summed E-state index contributed by atoms with van der Waals surface area (Å²) < 4.78 is 0. The van der Waals surface area contributed by atoms with Crippen molar-refractivity contribution >= 4 is 34.0 Å². The van der Waals surface area contributed by atoms with E-state index in [0.29, 0.717) is 11.4 Å². The average Bonchev–Trinajstić information content (AvgIpc) is 2.87. The van der Waals surface area contributed by atoms with Gasteiger partial charge in [0.1, 0.15) is 0 Å². The number of nitrogens with two attached hydrogens (primary N) is 1. The first-order chi connectivity index (χ1) is 10.1. The van der Waals surface area contributed by atoms with E-state index < -0.39 is 0 Å². The van der Waals surface area contributed by atoms with Gasteiger partial charge >= 0.3 is 0 Å². The standard InChI is InChI=1S/C17H13ClN2O/c18-13-7-5-11-14(21)8-6-12-15(11)17(13)20-16(12)9-1-3-10(19)4-2-9/h1-5,7,20H,6,8,19H2. The van der Waals surface area contributed by atoms with E-state index in [9.17, 15) is 4.79 Å². The molecular weight excluding hydrogens is 284 g/mol. The van der Waals surface area contributed by atoms with Gasteiger partial charge in [-0.15, -0.1) is 0 Å². The third kappa shape index (κ3) is 1.78. The summed E-state index contributed by atoms with van der Waals surface area (Å²) in [5.74, 6) is 0.187. The Balaban J connectivity index is 2.06. The summed E-state index contributed by atoms with van der Waals surface area (Å²) in [7, 11) is 0. The molecule has 104 valence electrons. The minimum atomic E-state index is 0.187. The van der Waals surface area contributed by atoms with Gasteiger partial charge in [0.2, 0.25) is 0 Å². The van der Waals surface area contributed by atoms with Gasteiger partial charge in [-0.05, 0) is 41.8 Å². The first kappa shape index (κ1) is 12.5. The Bertz CT molecular complexity index is 878. The van der Waals surface area contributed by atoms with Crippen LogP contribution in [0.15, 0.2) is 36.4 Å². The largest absolute Gasteiger partial charge is 0.399 e. The van der Waals surface area contributed by atoms with Gasteiger partial charge in [-0.25, -0.2) is 0 Å². The predicted octanol–water partition coefficient (Wildman–Crippen LogP) is 4.20. The van der Waals surface area contributed by atoms with Crippen molar-refractivity contribution in [2.75, 3.05) is 5.73 Å². The molecule has 3 nitrogen and oxygen atoms in total. The van der Waals surface area contributed by atoms with E-state index in [2.05, 4.69) is 4.98 Å². The number of hydrogen-bond acceptors (Lipinski definition) is 2. The van der Waals surface area contributed by atoms with Crippen molar-refractivity contribution in [3.05, 3.63) is 52.5 Å². The highest BCUT2D eigenvalue weighted by Crippen LogP contribution is 2.39. The molecule has 4 heteroatoms. The predicted molar refractivity (Wildman–Crippen MR) is 85.8 cm³/mol. The number of Topliss-reactive ketones (excluding diaryl/α,β-unsaturated/α-hetero) is 1. The smallest absolute Gasteiger partial charge is 0.163 e. The summed E-state index contributed by atoms with van der Waals surface area (Å²) in [6, 6.07) is 11.3. The molecule has 2 aromatic carbocycles. The van der Waals surface area contributed by atoms with Gasteiger partial charge in [0.25, 0.3) is 0 Å². The molecule has 1 heterocycles. The molecule has 21 heavy (non-hydrogen) atoms. The van der Waals surface area contributed by atoms with Gasteiger partial charge in [0.15, 0.2) is 5.78 Å². The maximum absolute atomic E-state index is 12.1. The van der Waals surface area contributed by atoms with Crippen molar-refractivity contribution < 1.29 is 4.79 Å². The number of aromatic nitrogens is 1. The van der Waals surface area contributed by atoms with Crippen LogP contribution in [-0.2, 0) is 6.42 Å². The minimum absolute atomic E-state index is 0.187. The highest BCUT2D eigenvalue weighted by Gasteiger charge is 2.25. The summed E-state index contributed by atoms with van der Waals surface area (Å²) in [6.45, 7) is 0. The van der Waals surface area contributed by atoms with Crippen LogP contribution >= 0.6 is 11.6 Å². The van der Waals surface area contributed by atoms with Crippen molar-refractivity contribution in [2.45, 2.75) is 12.8 Å². The molecule has 0 aliphatic heterocycles. The molecular formula is C17H13ClN2O. The van der Waals surface area contributed by atoms with Crippen LogP contribution in [0.2, 0.25) is 5.02 Å². The van der Waals surface area contributed by atoms with Gasteiger partial charge in [-0.3, -0.25) is 4.79 Å². The number of carbonyl (C=O) groups is 1. The highest BCUT2D eigenvalue weighted by molar-refractivity contribution is 6.36. The molecule has 1 aliphatic carbocycles. The Labute approximate surface area is 126 Å². The van der Waals surface area contributed by atoms with Crippen LogP contribution in [0.1, 0.15) is 22.3 Å². The fraction of sp³-hybridized carbons (Fsp3) is 0.118. The van der Waals surface area contributed by atoms with Gasteiger partial charge in [-0.1, -0.05) is 23.7 Å². The molecule has 0 atom stereocenters. The average molecular weight is 297 g/mol. The van der Waals surface area contributed by atoms with Crippen molar-refractivity contribution in [1.29, 1.82) is 0 Å². The van der Waals surface area contributed by atoms with E-state index in [1.165, 1.54) is 5.56 Å². The SMILES string of the molecule is Nc1ccc(-c2[nH]c3c(Cl)ccc4c3c2CCC4=O)cc1. The second-order valence-corrected chi connectivity index (χ2v) is 5.78. The molecule has 0 saturated carbocycles. The van der Waals surface area contributed by atoms with E-state index >= 15 is 0 Å². The molecule has 3 N–H and O–H groups in total. The number of aromatic amines is 1. The van der Waals surface area contributed by atoms with Crippen LogP contribution in [0.5, 0.6) is 0 Å². The number of anilines is 1. The Morgan fingerprint density at radius 1 is 1.05 bits per heavy atom. The van der Waals surface area contributed by atoms with Crippen LogP contribution < -0.4 is 5.73 Å². The summed E-state index contributed by atoms with van der Waals surface area (Å²) in [4.78, 5) is 15.5. The van der Waals surface area contributed by atoms with Crippen LogP contribution in [0.25, 0.3) is 22.2 Å². The lowest BCUT2D eigenvalue weighted by Gasteiger charge is -2.13. The van der Waals surface area contributed by atoms with Crippen molar-refractivity contribution in [2.24, 2.45) is 0 Å². The number of hydrogen-bond donors (Lipinski definition) is 2. The van der Waals surface area contributed by atoms with Crippen LogP contribution in [0.3, 0.4) is 0 Å². The summed E-state index contributed by atoms with van der Waals surface area (Å²) in [6.07, 6.45) is 1.29. The summed E-state index contributed by atoms with van der Waals surface area (Å²) in [5, 5.41) is 1.62. The number of benzene rings is 2. The van der Waals surface area contributed by atoms with Gasteiger partial charge in [-0.2, -0.15) is 0 Å². The number of H-pyrrole nitrogens is 1. The molecule has 1 aliphatic rings. The fourth-order valence-corrected chi connectivity index (χ4v) is 3.29. The molecule has 4 rings (SSSR count). The first-order valence-corrected chi connectivity index (χ1v) is 7.25. The normalized spacial score (nSPS) is 13.9. The Kier molecular flexibility index (Phi) is 2.59. The number of ketones is 1. The summed E-state index contributed by atoms with van der Waals surface area (Å²) in [5.41, 5.74) is 11.4. The second-order valence-electron chi connectivity index (χ2n) is 5.37. The first-order valence-electron chi connectivity index (χ1n) is 6.87. The van der Waals surface area contributed by atoms with Crippen LogP contribution in [0.4, 0.5) is 5.69 Å². The molecule has 0 unspecified atom stereocenters. The highest BCUT2D eigenvalue weighted by atomic mass is 35.5. The number of nitrogen functional groups attached to an aromatic ring is 1. The molecule has 0 amide bonds. The number of aryl methyl sites for hydroxylation is 1. The zero-order chi connectivity index (χ0) is 14.6. The lowest BCUT2D eigenvalue weighted by atomic mass is 9.89. The number of rotatable bonds is 1. The summed E-state index contributed by atoms with van der Waals surface area (Å²) >= 11 is 6.29. The third-order valence-corrected chi connectivity index (χ3v) is 4.42. The van der Waals surface area contributed by atoms with Crippen LogP contribution in [-0.4, -0.2) is 10.8 Å². The molecule has 0 bridgehead atoms.